The van der Waals surface area contributed by atoms with Crippen molar-refractivity contribution in [3.8, 4) is 11.5 Å². The van der Waals surface area contributed by atoms with Crippen LogP contribution in [0.15, 0.2) is 47.4 Å². The monoisotopic (exact) mass is 461 g/mol. The topological polar surface area (TPSA) is 99.2 Å². The normalized spacial score (nSPS) is 15.6. The molecule has 2 aromatic rings. The smallest absolute Gasteiger partial charge is 0.338 e. The number of hydrogen-bond acceptors (Lipinski definition) is 7. The lowest BCUT2D eigenvalue weighted by molar-refractivity contribution is 0.0317. The second-order valence-corrected chi connectivity index (χ2v) is 9.41. The fourth-order valence-corrected chi connectivity index (χ4v) is 5.10. The summed E-state index contributed by atoms with van der Waals surface area (Å²) in [5.74, 6) is -0.411. The van der Waals surface area contributed by atoms with E-state index >= 15 is 0 Å². The Kier molecular flexibility index (Phi) is 7.52. The molecule has 1 saturated heterocycles. The number of nitrogens with zero attached hydrogens (tertiary/aromatic N) is 1. The number of methoxy groups -OCH3 is 2. The van der Waals surface area contributed by atoms with Crippen molar-refractivity contribution in [3.05, 3.63) is 53.6 Å². The van der Waals surface area contributed by atoms with E-state index in [4.69, 9.17) is 14.2 Å². The number of rotatable bonds is 8. The van der Waals surface area contributed by atoms with Gasteiger partial charge in [0.05, 0.1) is 30.2 Å². The quantitative estimate of drug-likeness (QED) is 0.439. The Balaban J connectivity index is 1.76. The third-order valence-corrected chi connectivity index (χ3v) is 7.24. The molecule has 0 bridgehead atoms. The molecule has 0 unspecified atom stereocenters. The van der Waals surface area contributed by atoms with E-state index in [1.807, 2.05) is 0 Å². The third kappa shape index (κ3) is 5.11. The molecule has 1 atom stereocenters. The molecule has 9 heteroatoms. The number of ketones is 1. The first-order chi connectivity index (χ1) is 15.3. The molecule has 172 valence electrons. The Labute approximate surface area is 188 Å². The summed E-state index contributed by atoms with van der Waals surface area (Å²) in [6, 6.07) is 10.4. The average Bonchev–Trinajstić information content (AvgIpc) is 2.83. The highest BCUT2D eigenvalue weighted by atomic mass is 32.2. The summed E-state index contributed by atoms with van der Waals surface area (Å²) in [6.45, 7) is 2.39. The van der Waals surface area contributed by atoms with Crippen molar-refractivity contribution < 1.29 is 32.2 Å². The van der Waals surface area contributed by atoms with Gasteiger partial charge in [0.25, 0.3) is 0 Å². The number of carbonyl (C=O) groups is 2. The molecule has 0 spiro atoms. The van der Waals surface area contributed by atoms with E-state index in [1.54, 1.807) is 12.1 Å². The van der Waals surface area contributed by atoms with Crippen LogP contribution in [0.25, 0.3) is 0 Å². The maximum absolute atomic E-state index is 12.9. The van der Waals surface area contributed by atoms with E-state index in [0.717, 1.165) is 19.3 Å². The molecule has 3 rings (SSSR count). The zero-order valence-corrected chi connectivity index (χ0v) is 19.2. The van der Waals surface area contributed by atoms with Gasteiger partial charge in [-0.1, -0.05) is 12.5 Å². The van der Waals surface area contributed by atoms with Crippen LogP contribution < -0.4 is 9.47 Å². The summed E-state index contributed by atoms with van der Waals surface area (Å²) in [6.07, 6.45) is 1.53. The number of benzene rings is 2. The second kappa shape index (κ2) is 10.1. The van der Waals surface area contributed by atoms with Gasteiger partial charge in [-0.2, -0.15) is 4.31 Å². The van der Waals surface area contributed by atoms with Crippen molar-refractivity contribution in [3.63, 3.8) is 0 Å². The molecule has 0 N–H and O–H groups in total. The molecule has 1 aliphatic rings. The van der Waals surface area contributed by atoms with Crippen LogP contribution >= 0.6 is 0 Å². The molecule has 1 heterocycles. The summed E-state index contributed by atoms with van der Waals surface area (Å²) in [5.41, 5.74) is 0.305. The number of Topliss-reactive ketones (excluding diaryl/α,β-unsaturated/α-hetero) is 1. The molecular formula is C23H27NO7S. The van der Waals surface area contributed by atoms with E-state index in [-0.39, 0.29) is 16.0 Å². The van der Waals surface area contributed by atoms with E-state index in [2.05, 4.69) is 0 Å². The summed E-state index contributed by atoms with van der Waals surface area (Å²) >= 11 is 0. The molecule has 0 aromatic heterocycles. The van der Waals surface area contributed by atoms with Gasteiger partial charge < -0.3 is 14.2 Å². The Morgan fingerprint density at radius 3 is 2.34 bits per heavy atom. The van der Waals surface area contributed by atoms with Gasteiger partial charge in [-0.15, -0.1) is 0 Å². The number of piperidine rings is 1. The van der Waals surface area contributed by atoms with Gasteiger partial charge in [0.2, 0.25) is 15.8 Å². The van der Waals surface area contributed by atoms with Gasteiger partial charge in [0, 0.05) is 19.2 Å². The fourth-order valence-electron chi connectivity index (χ4n) is 3.54. The van der Waals surface area contributed by atoms with Crippen molar-refractivity contribution in [2.75, 3.05) is 27.3 Å². The van der Waals surface area contributed by atoms with Crippen molar-refractivity contribution in [1.82, 2.24) is 4.31 Å². The molecule has 32 heavy (non-hydrogen) atoms. The predicted molar refractivity (Wildman–Crippen MR) is 118 cm³/mol. The highest BCUT2D eigenvalue weighted by Crippen LogP contribution is 2.27. The predicted octanol–water partition coefficient (Wildman–Crippen LogP) is 3.31. The Morgan fingerprint density at radius 2 is 1.69 bits per heavy atom. The maximum Gasteiger partial charge on any atom is 0.338 e. The van der Waals surface area contributed by atoms with Crippen LogP contribution in [0.1, 0.15) is 46.9 Å². The second-order valence-electron chi connectivity index (χ2n) is 7.47. The van der Waals surface area contributed by atoms with Crippen LogP contribution in [0.2, 0.25) is 0 Å². The van der Waals surface area contributed by atoms with Crippen LogP contribution in [0, 0.1) is 0 Å². The number of carbonyl (C=O) groups excluding carboxylic acids is 2. The van der Waals surface area contributed by atoms with Gasteiger partial charge >= 0.3 is 5.97 Å². The number of hydrogen-bond donors (Lipinski definition) is 0. The maximum atomic E-state index is 12.9. The summed E-state index contributed by atoms with van der Waals surface area (Å²) in [5, 5.41) is 0. The standard InChI is InChI=1S/C23H27NO7S/c1-16(22(25)20-11-10-18(29-2)15-21(20)30-3)31-23(26)17-8-7-9-19(14-17)32(27,28)24-12-5-4-6-13-24/h7-11,14-16H,4-6,12-13H2,1-3H3/t16-/m0/s1. The fraction of sp³-hybridized carbons (Fsp3) is 0.391. The van der Waals surface area contributed by atoms with Gasteiger partial charge in [-0.05, 0) is 50.1 Å². The van der Waals surface area contributed by atoms with Gasteiger partial charge in [-0.3, -0.25) is 4.79 Å². The van der Waals surface area contributed by atoms with Crippen LogP contribution in [0.5, 0.6) is 11.5 Å². The van der Waals surface area contributed by atoms with Crippen LogP contribution in [0.3, 0.4) is 0 Å². The minimum absolute atomic E-state index is 0.0321. The van der Waals surface area contributed by atoms with Crippen molar-refractivity contribution >= 4 is 21.8 Å². The van der Waals surface area contributed by atoms with E-state index in [0.29, 0.717) is 24.6 Å². The minimum Gasteiger partial charge on any atom is -0.497 e. The zero-order chi connectivity index (χ0) is 23.3. The third-order valence-electron chi connectivity index (χ3n) is 5.35. The summed E-state index contributed by atoms with van der Waals surface area (Å²) < 4.78 is 42.9. The Hall–Kier alpha value is -2.91. The van der Waals surface area contributed by atoms with Crippen LogP contribution in [0.4, 0.5) is 0 Å². The molecule has 8 nitrogen and oxygen atoms in total. The molecular weight excluding hydrogens is 434 g/mol. The average molecular weight is 462 g/mol. The number of ether oxygens (including phenoxy) is 3. The highest BCUT2D eigenvalue weighted by Gasteiger charge is 2.28. The van der Waals surface area contributed by atoms with Gasteiger partial charge in [0.15, 0.2) is 6.10 Å². The lowest BCUT2D eigenvalue weighted by Gasteiger charge is -2.26. The van der Waals surface area contributed by atoms with Crippen LogP contribution in [-0.2, 0) is 14.8 Å². The molecule has 0 aliphatic carbocycles. The first-order valence-corrected chi connectivity index (χ1v) is 11.8. The summed E-state index contributed by atoms with van der Waals surface area (Å²) in [4.78, 5) is 25.5. The zero-order valence-electron chi connectivity index (χ0n) is 18.4. The SMILES string of the molecule is COc1ccc(C(=O)[C@H](C)OC(=O)c2cccc(S(=O)(=O)N3CCCCC3)c2)c(OC)c1. The first-order valence-electron chi connectivity index (χ1n) is 10.4. The molecule has 0 radical (unpaired) electrons. The molecule has 1 fully saturated rings. The van der Waals surface area contributed by atoms with Crippen LogP contribution in [-0.4, -0.2) is 57.9 Å². The Morgan fingerprint density at radius 1 is 0.969 bits per heavy atom. The van der Waals surface area contributed by atoms with Crippen molar-refractivity contribution in [2.24, 2.45) is 0 Å². The highest BCUT2D eigenvalue weighted by molar-refractivity contribution is 7.89. The van der Waals surface area contributed by atoms with E-state index in [1.165, 1.54) is 55.8 Å². The lowest BCUT2D eigenvalue weighted by Crippen LogP contribution is -2.35. The molecule has 0 saturated carbocycles. The molecule has 0 amide bonds. The largest absolute Gasteiger partial charge is 0.497 e. The number of sulfonamides is 1. The van der Waals surface area contributed by atoms with Gasteiger partial charge in [-0.25, -0.2) is 13.2 Å². The Bertz CT molecular complexity index is 1090. The van der Waals surface area contributed by atoms with E-state index in [9.17, 15) is 18.0 Å². The molecule has 1 aliphatic heterocycles. The first kappa shape index (κ1) is 23.7. The molecule has 2 aromatic carbocycles. The van der Waals surface area contributed by atoms with E-state index < -0.39 is 27.9 Å². The number of esters is 1. The lowest BCUT2D eigenvalue weighted by atomic mass is 10.1. The van der Waals surface area contributed by atoms with Crippen molar-refractivity contribution in [2.45, 2.75) is 37.2 Å². The summed E-state index contributed by atoms with van der Waals surface area (Å²) in [7, 11) is -0.764. The minimum atomic E-state index is -3.69. The van der Waals surface area contributed by atoms with Crippen molar-refractivity contribution in [1.29, 1.82) is 0 Å². The van der Waals surface area contributed by atoms with Gasteiger partial charge in [0.1, 0.15) is 11.5 Å².